The van der Waals surface area contributed by atoms with Crippen molar-refractivity contribution in [3.63, 3.8) is 0 Å². The van der Waals surface area contributed by atoms with Crippen molar-refractivity contribution in [2.24, 2.45) is 0 Å². The zero-order chi connectivity index (χ0) is 18.4. The molecule has 8 heteroatoms. The van der Waals surface area contributed by atoms with E-state index in [-0.39, 0.29) is 17.9 Å². The van der Waals surface area contributed by atoms with Gasteiger partial charge in [0.25, 0.3) is 5.91 Å². The number of carbonyl (C=O) groups is 2. The van der Waals surface area contributed by atoms with Gasteiger partial charge in [-0.2, -0.15) is 0 Å². The zero-order valence-electron chi connectivity index (χ0n) is 14.9. The van der Waals surface area contributed by atoms with Gasteiger partial charge in [0.15, 0.2) is 0 Å². The van der Waals surface area contributed by atoms with Gasteiger partial charge in [0.1, 0.15) is 0 Å². The number of nitrogens with one attached hydrogen (secondary N) is 1. The third-order valence-electron chi connectivity index (χ3n) is 4.39. The minimum atomic E-state index is -0.187. The zero-order valence-corrected chi connectivity index (χ0v) is 15.7. The third-order valence-corrected chi connectivity index (χ3v) is 5.58. The lowest BCUT2D eigenvalue weighted by molar-refractivity contribution is -0.144. The Kier molecular flexibility index (Phi) is 6.40. The number of hydrogen-bond acceptors (Lipinski definition) is 6. The van der Waals surface area contributed by atoms with Gasteiger partial charge in [-0.05, 0) is 38.4 Å². The first-order valence-corrected chi connectivity index (χ1v) is 9.72. The summed E-state index contributed by atoms with van der Waals surface area (Å²) in [6, 6.07) is 4.06. The summed E-state index contributed by atoms with van der Waals surface area (Å²) in [6.07, 6.45) is 7.37. The fourth-order valence-electron chi connectivity index (χ4n) is 3.17. The van der Waals surface area contributed by atoms with E-state index in [1.165, 1.54) is 11.3 Å². The number of hydrogen-bond donors (Lipinski definition) is 1. The van der Waals surface area contributed by atoms with Crippen LogP contribution in [0.5, 0.6) is 0 Å². The number of rotatable bonds is 8. The second-order valence-corrected chi connectivity index (χ2v) is 7.31. The first-order valence-electron chi connectivity index (χ1n) is 8.90. The Morgan fingerprint density at radius 1 is 1.42 bits per heavy atom. The summed E-state index contributed by atoms with van der Waals surface area (Å²) >= 11 is 1.51. The second-order valence-electron chi connectivity index (χ2n) is 6.19. The molecule has 0 aromatic carbocycles. The highest BCUT2D eigenvalue weighted by Crippen LogP contribution is 2.35. The summed E-state index contributed by atoms with van der Waals surface area (Å²) < 4.78 is 6.98. The van der Waals surface area contributed by atoms with E-state index < -0.39 is 0 Å². The van der Waals surface area contributed by atoms with Gasteiger partial charge in [-0.1, -0.05) is 0 Å². The summed E-state index contributed by atoms with van der Waals surface area (Å²) in [7, 11) is 0. The normalized spacial score (nSPS) is 17.3. The van der Waals surface area contributed by atoms with E-state index >= 15 is 0 Å². The Balaban J connectivity index is 1.54. The highest BCUT2D eigenvalue weighted by molar-refractivity contribution is 7.14. The first kappa shape index (κ1) is 18.6. The number of esters is 1. The quantitative estimate of drug-likeness (QED) is 0.714. The fourth-order valence-corrected chi connectivity index (χ4v) is 4.26. The predicted octanol–water partition coefficient (Wildman–Crippen LogP) is 2.07. The summed E-state index contributed by atoms with van der Waals surface area (Å²) in [5.74, 6) is -0.246. The molecule has 0 radical (unpaired) electrons. The number of amides is 1. The number of nitrogens with zero attached hydrogens (tertiary/aromatic N) is 3. The van der Waals surface area contributed by atoms with Gasteiger partial charge >= 0.3 is 5.97 Å². The molecule has 7 nitrogen and oxygen atoms in total. The standard InChI is InChI=1S/C18H24N4O3S/c1-2-25-17(23)12-22-9-3-4-14(22)15-5-6-16(26-15)18(24)20-8-11-21-10-7-19-13-21/h5-7,10,13-14H,2-4,8-9,11-12H2,1H3,(H,20,24)/t14-/m0/s1. The van der Waals surface area contributed by atoms with Crippen LogP contribution in [0.4, 0.5) is 0 Å². The van der Waals surface area contributed by atoms with E-state index in [4.69, 9.17) is 4.74 Å². The molecule has 0 spiro atoms. The largest absolute Gasteiger partial charge is 0.465 e. The fraction of sp³-hybridized carbons (Fsp3) is 0.500. The maximum atomic E-state index is 12.3. The molecule has 140 valence electrons. The smallest absolute Gasteiger partial charge is 0.320 e. The molecule has 3 rings (SSSR count). The molecule has 0 bridgehead atoms. The van der Waals surface area contributed by atoms with Crippen molar-refractivity contribution < 1.29 is 14.3 Å². The Morgan fingerprint density at radius 2 is 2.31 bits per heavy atom. The van der Waals surface area contributed by atoms with E-state index in [1.807, 2.05) is 29.8 Å². The first-order chi connectivity index (χ1) is 12.7. The lowest BCUT2D eigenvalue weighted by atomic mass is 10.2. The number of aromatic nitrogens is 2. The number of ether oxygens (including phenoxy) is 1. The second kappa shape index (κ2) is 8.95. The SMILES string of the molecule is CCOC(=O)CN1CCC[C@H]1c1ccc(C(=O)NCCn2ccnc2)s1. The van der Waals surface area contributed by atoms with Gasteiger partial charge in [0.05, 0.1) is 24.4 Å². The van der Waals surface area contributed by atoms with Crippen molar-refractivity contribution in [3.05, 3.63) is 40.6 Å². The number of likely N-dealkylation sites (tertiary alicyclic amines) is 1. The third kappa shape index (κ3) is 4.70. The van der Waals surface area contributed by atoms with E-state index in [9.17, 15) is 9.59 Å². The number of thiophene rings is 1. The molecule has 3 heterocycles. The molecule has 0 saturated carbocycles. The van der Waals surface area contributed by atoms with Crippen LogP contribution in [-0.4, -0.2) is 52.6 Å². The van der Waals surface area contributed by atoms with Crippen LogP contribution in [0.25, 0.3) is 0 Å². The molecule has 1 atom stereocenters. The van der Waals surface area contributed by atoms with Crippen molar-refractivity contribution >= 4 is 23.2 Å². The average Bonchev–Trinajstić information content (AvgIpc) is 3.36. The van der Waals surface area contributed by atoms with E-state index in [0.29, 0.717) is 31.1 Å². The highest BCUT2D eigenvalue weighted by Gasteiger charge is 2.29. The van der Waals surface area contributed by atoms with Crippen LogP contribution in [0.2, 0.25) is 0 Å². The molecule has 1 aliphatic rings. The van der Waals surface area contributed by atoms with Gasteiger partial charge in [0.2, 0.25) is 0 Å². The van der Waals surface area contributed by atoms with Crippen LogP contribution in [0.3, 0.4) is 0 Å². The lowest BCUT2D eigenvalue weighted by Gasteiger charge is -2.22. The minimum Gasteiger partial charge on any atom is -0.465 e. The molecule has 1 amide bonds. The molecule has 1 N–H and O–H groups in total. The van der Waals surface area contributed by atoms with Crippen LogP contribution in [0.15, 0.2) is 30.9 Å². The molecule has 1 aliphatic heterocycles. The number of carbonyl (C=O) groups excluding carboxylic acids is 2. The molecular formula is C18H24N4O3S. The molecule has 1 saturated heterocycles. The summed E-state index contributed by atoms with van der Waals surface area (Å²) in [6.45, 7) is 4.66. The van der Waals surface area contributed by atoms with Gasteiger partial charge < -0.3 is 14.6 Å². The van der Waals surface area contributed by atoms with Crippen molar-refractivity contribution in [1.82, 2.24) is 19.8 Å². The van der Waals surface area contributed by atoms with Gasteiger partial charge in [-0.15, -0.1) is 11.3 Å². The Hall–Kier alpha value is -2.19. The molecule has 0 aliphatic carbocycles. The molecule has 0 unspecified atom stereocenters. The van der Waals surface area contributed by atoms with Gasteiger partial charge in [-0.3, -0.25) is 14.5 Å². The summed E-state index contributed by atoms with van der Waals surface area (Å²) in [5.41, 5.74) is 0. The minimum absolute atomic E-state index is 0.0590. The van der Waals surface area contributed by atoms with E-state index in [0.717, 1.165) is 24.3 Å². The van der Waals surface area contributed by atoms with Crippen molar-refractivity contribution in [1.29, 1.82) is 0 Å². The van der Waals surface area contributed by atoms with Crippen LogP contribution >= 0.6 is 11.3 Å². The van der Waals surface area contributed by atoms with Gasteiger partial charge in [0, 0.05) is 36.4 Å². The Morgan fingerprint density at radius 3 is 3.08 bits per heavy atom. The Labute approximate surface area is 157 Å². The van der Waals surface area contributed by atoms with Gasteiger partial charge in [-0.25, -0.2) is 4.98 Å². The highest BCUT2D eigenvalue weighted by atomic mass is 32.1. The molecular weight excluding hydrogens is 352 g/mol. The summed E-state index contributed by atoms with van der Waals surface area (Å²) in [5, 5.41) is 2.94. The monoisotopic (exact) mass is 376 g/mol. The maximum Gasteiger partial charge on any atom is 0.320 e. The van der Waals surface area contributed by atoms with E-state index in [2.05, 4.69) is 15.2 Å². The molecule has 26 heavy (non-hydrogen) atoms. The van der Waals surface area contributed by atoms with Crippen LogP contribution < -0.4 is 5.32 Å². The van der Waals surface area contributed by atoms with Crippen LogP contribution in [0.1, 0.15) is 40.4 Å². The average molecular weight is 376 g/mol. The van der Waals surface area contributed by atoms with Crippen LogP contribution in [0, 0.1) is 0 Å². The van der Waals surface area contributed by atoms with Crippen molar-refractivity contribution in [2.45, 2.75) is 32.4 Å². The molecule has 1 fully saturated rings. The molecule has 2 aromatic rings. The maximum absolute atomic E-state index is 12.3. The van der Waals surface area contributed by atoms with Crippen LogP contribution in [-0.2, 0) is 16.1 Å². The topological polar surface area (TPSA) is 76.5 Å². The molecule has 2 aromatic heterocycles. The Bertz CT molecular complexity index is 729. The van der Waals surface area contributed by atoms with E-state index in [1.54, 1.807) is 12.5 Å². The summed E-state index contributed by atoms with van der Waals surface area (Å²) in [4.78, 5) is 32.1. The van der Waals surface area contributed by atoms with Crippen molar-refractivity contribution in [3.8, 4) is 0 Å². The predicted molar refractivity (Wildman–Crippen MR) is 99.1 cm³/mol. The lowest BCUT2D eigenvalue weighted by Crippen LogP contribution is -2.30. The number of imidazole rings is 1. The van der Waals surface area contributed by atoms with Crippen molar-refractivity contribution in [2.75, 3.05) is 26.2 Å².